The molecule has 2 aromatic rings. The summed E-state index contributed by atoms with van der Waals surface area (Å²) in [5, 5.41) is 0. The topological polar surface area (TPSA) is 35.2 Å². The van der Waals surface area contributed by atoms with Crippen LogP contribution in [-0.2, 0) is 6.61 Å². The van der Waals surface area contributed by atoms with Gasteiger partial charge in [-0.05, 0) is 54.5 Å². The molecule has 3 rings (SSSR count). The maximum absolute atomic E-state index is 6.11. The molecule has 23 heavy (non-hydrogen) atoms. The van der Waals surface area contributed by atoms with Gasteiger partial charge in [-0.1, -0.05) is 61.7 Å². The van der Waals surface area contributed by atoms with Gasteiger partial charge in [-0.2, -0.15) is 0 Å². The van der Waals surface area contributed by atoms with Crippen LogP contribution in [-0.4, -0.2) is 6.54 Å². The van der Waals surface area contributed by atoms with Crippen molar-refractivity contribution in [2.75, 3.05) is 6.54 Å². The zero-order valence-electron chi connectivity index (χ0n) is 13.8. The highest BCUT2D eigenvalue weighted by Crippen LogP contribution is 2.36. The van der Waals surface area contributed by atoms with Gasteiger partial charge in [0, 0.05) is 0 Å². The number of ether oxygens (including phenoxy) is 1. The van der Waals surface area contributed by atoms with E-state index in [0.717, 1.165) is 18.2 Å². The molecular weight excluding hydrogens is 282 g/mol. The highest BCUT2D eigenvalue weighted by atomic mass is 16.5. The van der Waals surface area contributed by atoms with Crippen molar-refractivity contribution in [2.24, 2.45) is 11.7 Å². The Morgan fingerprint density at radius 2 is 1.74 bits per heavy atom. The molecule has 0 radical (unpaired) electrons. The predicted molar refractivity (Wildman–Crippen MR) is 95.6 cm³/mol. The Morgan fingerprint density at radius 1 is 0.957 bits per heavy atom. The molecule has 0 heterocycles. The smallest absolute Gasteiger partial charge is 0.120 e. The fourth-order valence-corrected chi connectivity index (χ4v) is 3.71. The second-order valence-electron chi connectivity index (χ2n) is 6.59. The summed E-state index contributed by atoms with van der Waals surface area (Å²) in [7, 11) is 0. The molecule has 2 nitrogen and oxygen atoms in total. The first-order chi connectivity index (χ1) is 11.4. The number of benzene rings is 2. The van der Waals surface area contributed by atoms with Gasteiger partial charge in [0.2, 0.25) is 0 Å². The lowest BCUT2D eigenvalue weighted by Crippen LogP contribution is -2.23. The minimum atomic E-state index is 0.468. The lowest BCUT2D eigenvalue weighted by atomic mass is 9.77. The summed E-state index contributed by atoms with van der Waals surface area (Å²) in [4.78, 5) is 0. The van der Waals surface area contributed by atoms with Crippen molar-refractivity contribution in [3.05, 3.63) is 65.7 Å². The average Bonchev–Trinajstić information content (AvgIpc) is 2.63. The maximum atomic E-state index is 6.11. The van der Waals surface area contributed by atoms with Crippen molar-refractivity contribution in [3.63, 3.8) is 0 Å². The van der Waals surface area contributed by atoms with Gasteiger partial charge < -0.3 is 10.5 Å². The largest absolute Gasteiger partial charge is 0.489 e. The van der Waals surface area contributed by atoms with E-state index in [1.54, 1.807) is 0 Å². The number of hydrogen-bond donors (Lipinski definition) is 1. The number of hydrogen-bond acceptors (Lipinski definition) is 2. The molecule has 0 aliphatic heterocycles. The van der Waals surface area contributed by atoms with Crippen molar-refractivity contribution >= 4 is 0 Å². The van der Waals surface area contributed by atoms with Crippen LogP contribution < -0.4 is 10.5 Å². The summed E-state index contributed by atoms with van der Waals surface area (Å²) < 4.78 is 5.97. The molecule has 122 valence electrons. The minimum absolute atomic E-state index is 0.468. The van der Waals surface area contributed by atoms with Crippen LogP contribution in [0.3, 0.4) is 0 Å². The molecule has 0 bridgehead atoms. The van der Waals surface area contributed by atoms with E-state index < -0.39 is 0 Å². The fourth-order valence-electron chi connectivity index (χ4n) is 3.71. The molecule has 0 unspecified atom stereocenters. The summed E-state index contributed by atoms with van der Waals surface area (Å²) in [6, 6.07) is 18.8. The Kier molecular flexibility index (Phi) is 5.71. The Bertz CT molecular complexity index is 590. The fraction of sp³-hybridized carbons (Fsp3) is 0.429. The van der Waals surface area contributed by atoms with Crippen LogP contribution in [0.15, 0.2) is 54.6 Å². The number of nitrogens with two attached hydrogens (primary N) is 1. The van der Waals surface area contributed by atoms with Crippen LogP contribution in [0, 0.1) is 5.92 Å². The number of rotatable bonds is 6. The monoisotopic (exact) mass is 309 g/mol. The Hall–Kier alpha value is -1.80. The maximum Gasteiger partial charge on any atom is 0.120 e. The van der Waals surface area contributed by atoms with Crippen molar-refractivity contribution in [3.8, 4) is 5.75 Å². The summed E-state index contributed by atoms with van der Waals surface area (Å²) in [6.07, 6.45) is 6.72. The van der Waals surface area contributed by atoms with Crippen LogP contribution in [0.4, 0.5) is 0 Å². The van der Waals surface area contributed by atoms with Gasteiger partial charge in [-0.15, -0.1) is 0 Å². The van der Waals surface area contributed by atoms with Crippen molar-refractivity contribution in [1.29, 1.82) is 0 Å². The van der Waals surface area contributed by atoms with E-state index in [1.807, 2.05) is 24.3 Å². The van der Waals surface area contributed by atoms with E-state index in [-0.39, 0.29) is 0 Å². The van der Waals surface area contributed by atoms with E-state index >= 15 is 0 Å². The lowest BCUT2D eigenvalue weighted by Gasteiger charge is -2.30. The summed E-state index contributed by atoms with van der Waals surface area (Å²) >= 11 is 0. The molecular formula is C21H27NO. The van der Waals surface area contributed by atoms with Crippen LogP contribution in [0.25, 0.3) is 0 Å². The van der Waals surface area contributed by atoms with Gasteiger partial charge in [0.1, 0.15) is 12.4 Å². The molecule has 2 heteroatoms. The minimum Gasteiger partial charge on any atom is -0.489 e. The Labute approximate surface area is 139 Å². The van der Waals surface area contributed by atoms with Gasteiger partial charge in [0.15, 0.2) is 0 Å². The zero-order chi connectivity index (χ0) is 15.9. The van der Waals surface area contributed by atoms with Crippen LogP contribution in [0.5, 0.6) is 5.75 Å². The molecule has 2 N–H and O–H groups in total. The Morgan fingerprint density at radius 3 is 2.48 bits per heavy atom. The average molecular weight is 309 g/mol. The van der Waals surface area contributed by atoms with Gasteiger partial charge in [0.25, 0.3) is 0 Å². The van der Waals surface area contributed by atoms with E-state index in [4.69, 9.17) is 10.5 Å². The summed E-state index contributed by atoms with van der Waals surface area (Å²) in [6.45, 7) is 1.34. The van der Waals surface area contributed by atoms with Gasteiger partial charge in [-0.3, -0.25) is 0 Å². The molecule has 1 saturated carbocycles. The standard InChI is InChI=1S/C21H27NO/c22-15-21(18-10-5-2-6-11-18)19-12-7-13-20(14-19)23-16-17-8-3-1-4-9-17/h1,3-4,7-9,12-14,18,21H,2,5-6,10-11,15-16,22H2/t21-/m1/s1. The SMILES string of the molecule is NC[C@@H](c1cccc(OCc2ccccc2)c1)C1CCCCC1. The van der Waals surface area contributed by atoms with Gasteiger partial charge >= 0.3 is 0 Å². The molecule has 0 spiro atoms. The highest BCUT2D eigenvalue weighted by molar-refractivity contribution is 5.32. The summed E-state index contributed by atoms with van der Waals surface area (Å²) in [5.41, 5.74) is 8.64. The van der Waals surface area contributed by atoms with E-state index in [1.165, 1.54) is 43.2 Å². The first kappa shape index (κ1) is 16.1. The Balaban J connectivity index is 1.68. The molecule has 1 aliphatic rings. The van der Waals surface area contributed by atoms with E-state index in [2.05, 4.69) is 30.3 Å². The molecule has 1 fully saturated rings. The molecule has 0 amide bonds. The predicted octanol–water partition coefficient (Wildman–Crippen LogP) is 4.89. The van der Waals surface area contributed by atoms with Crippen molar-refractivity contribution < 1.29 is 4.74 Å². The third kappa shape index (κ3) is 4.35. The normalized spacial score (nSPS) is 16.9. The van der Waals surface area contributed by atoms with Crippen LogP contribution in [0.1, 0.15) is 49.1 Å². The van der Waals surface area contributed by atoms with Crippen LogP contribution >= 0.6 is 0 Å². The quantitative estimate of drug-likeness (QED) is 0.824. The van der Waals surface area contributed by atoms with Gasteiger partial charge in [0.05, 0.1) is 0 Å². The van der Waals surface area contributed by atoms with Crippen molar-refractivity contribution in [1.82, 2.24) is 0 Å². The third-order valence-electron chi connectivity index (χ3n) is 5.01. The highest BCUT2D eigenvalue weighted by Gasteiger charge is 2.24. The zero-order valence-corrected chi connectivity index (χ0v) is 13.8. The second-order valence-corrected chi connectivity index (χ2v) is 6.59. The first-order valence-electron chi connectivity index (χ1n) is 8.83. The first-order valence-corrected chi connectivity index (χ1v) is 8.83. The molecule has 0 saturated heterocycles. The molecule has 1 atom stereocenters. The third-order valence-corrected chi connectivity index (χ3v) is 5.01. The molecule has 0 aromatic heterocycles. The van der Waals surface area contributed by atoms with Crippen LogP contribution in [0.2, 0.25) is 0 Å². The molecule has 2 aromatic carbocycles. The van der Waals surface area contributed by atoms with E-state index in [9.17, 15) is 0 Å². The van der Waals surface area contributed by atoms with E-state index in [0.29, 0.717) is 12.5 Å². The van der Waals surface area contributed by atoms with Crippen molar-refractivity contribution in [2.45, 2.75) is 44.6 Å². The second kappa shape index (κ2) is 8.16. The van der Waals surface area contributed by atoms with Gasteiger partial charge in [-0.25, -0.2) is 0 Å². The lowest BCUT2D eigenvalue weighted by molar-refractivity contribution is 0.298. The summed E-state index contributed by atoms with van der Waals surface area (Å²) in [5.74, 6) is 2.15. The molecule has 1 aliphatic carbocycles.